The fraction of sp³-hybridized carbons (Fsp3) is 0.875. The molecule has 0 aliphatic heterocycles. The van der Waals surface area contributed by atoms with Crippen molar-refractivity contribution in [2.75, 3.05) is 32.7 Å². The van der Waals surface area contributed by atoms with Crippen molar-refractivity contribution in [3.05, 3.63) is 11.6 Å². The molecule has 0 radical (unpaired) electrons. The molecule has 0 fully saturated rings. The summed E-state index contributed by atoms with van der Waals surface area (Å²) in [4.78, 5) is 2.53. The van der Waals surface area contributed by atoms with Gasteiger partial charge in [0.2, 0.25) is 0 Å². The molecule has 0 spiro atoms. The highest BCUT2D eigenvalue weighted by molar-refractivity contribution is 5.06. The molecule has 1 aliphatic carbocycles. The van der Waals surface area contributed by atoms with E-state index in [1.54, 1.807) is 5.57 Å². The van der Waals surface area contributed by atoms with Crippen molar-refractivity contribution in [1.29, 1.82) is 0 Å². The van der Waals surface area contributed by atoms with Gasteiger partial charge in [0, 0.05) is 13.1 Å². The van der Waals surface area contributed by atoms with Crippen molar-refractivity contribution in [3.63, 3.8) is 0 Å². The van der Waals surface area contributed by atoms with Crippen LogP contribution in [0.15, 0.2) is 11.6 Å². The van der Waals surface area contributed by atoms with Crippen molar-refractivity contribution < 1.29 is 0 Å². The Morgan fingerprint density at radius 3 is 2.72 bits per heavy atom. The van der Waals surface area contributed by atoms with E-state index in [-0.39, 0.29) is 0 Å². The summed E-state index contributed by atoms with van der Waals surface area (Å²) in [5, 5.41) is 3.65. The van der Waals surface area contributed by atoms with Gasteiger partial charge in [0.25, 0.3) is 0 Å². The molecule has 2 atom stereocenters. The van der Waals surface area contributed by atoms with Gasteiger partial charge in [-0.2, -0.15) is 0 Å². The lowest BCUT2D eigenvalue weighted by Crippen LogP contribution is -2.35. The molecule has 0 amide bonds. The largest absolute Gasteiger partial charge is 0.315 e. The van der Waals surface area contributed by atoms with Crippen LogP contribution in [0.25, 0.3) is 0 Å². The zero-order valence-electron chi connectivity index (χ0n) is 12.8. The maximum absolute atomic E-state index is 3.65. The lowest BCUT2D eigenvalue weighted by atomic mass is 9.84. The summed E-state index contributed by atoms with van der Waals surface area (Å²) in [5.41, 5.74) is 1.58. The maximum Gasteiger partial charge on any atom is 0.0107 e. The van der Waals surface area contributed by atoms with Crippen molar-refractivity contribution in [2.45, 2.75) is 47.0 Å². The fourth-order valence-electron chi connectivity index (χ4n) is 3.13. The number of hydrogen-bond acceptors (Lipinski definition) is 2. The summed E-state index contributed by atoms with van der Waals surface area (Å²) in [5.74, 6) is 1.63. The van der Waals surface area contributed by atoms with Gasteiger partial charge in [-0.3, -0.25) is 0 Å². The summed E-state index contributed by atoms with van der Waals surface area (Å²) >= 11 is 0. The third-order valence-corrected chi connectivity index (χ3v) is 3.91. The van der Waals surface area contributed by atoms with Crippen LogP contribution in [0.5, 0.6) is 0 Å². The number of nitrogens with zero attached hydrogens (tertiary/aromatic N) is 1. The first-order valence-corrected chi connectivity index (χ1v) is 7.76. The SMILES string of the molecule is CCCN(CC)CCNCC1CC(C)=CC(C)C1. The first kappa shape index (κ1) is 15.7. The molecule has 0 aromatic rings. The van der Waals surface area contributed by atoms with E-state index < -0.39 is 0 Å². The second kappa shape index (κ2) is 8.71. The van der Waals surface area contributed by atoms with Crippen molar-refractivity contribution in [1.82, 2.24) is 10.2 Å². The minimum atomic E-state index is 0.776. The van der Waals surface area contributed by atoms with Gasteiger partial charge in [0.05, 0.1) is 0 Å². The number of nitrogens with one attached hydrogen (secondary N) is 1. The van der Waals surface area contributed by atoms with Gasteiger partial charge in [0.15, 0.2) is 0 Å². The molecule has 0 aromatic heterocycles. The molecule has 0 saturated heterocycles. The average molecular weight is 252 g/mol. The van der Waals surface area contributed by atoms with Crippen LogP contribution in [0.4, 0.5) is 0 Å². The molecule has 1 N–H and O–H groups in total. The Hall–Kier alpha value is -0.340. The Labute approximate surface area is 114 Å². The zero-order valence-corrected chi connectivity index (χ0v) is 12.8. The molecule has 2 heteroatoms. The molecule has 2 nitrogen and oxygen atoms in total. The number of likely N-dealkylation sites (N-methyl/N-ethyl adjacent to an activating group) is 1. The summed E-state index contributed by atoms with van der Waals surface area (Å²) in [7, 11) is 0. The van der Waals surface area contributed by atoms with Gasteiger partial charge < -0.3 is 10.2 Å². The molecular formula is C16H32N2. The van der Waals surface area contributed by atoms with Gasteiger partial charge in [0.1, 0.15) is 0 Å². The van der Waals surface area contributed by atoms with Gasteiger partial charge in [-0.15, -0.1) is 0 Å². The lowest BCUT2D eigenvalue weighted by Gasteiger charge is -2.26. The summed E-state index contributed by atoms with van der Waals surface area (Å²) in [6, 6.07) is 0. The summed E-state index contributed by atoms with van der Waals surface area (Å²) in [6.45, 7) is 15.1. The Morgan fingerprint density at radius 1 is 1.33 bits per heavy atom. The standard InChI is InChI=1S/C16H32N2/c1-5-8-18(6-2)9-7-17-13-16-11-14(3)10-15(4)12-16/h10,14,16-17H,5-9,11-13H2,1-4H3. The van der Waals surface area contributed by atoms with Crippen LogP contribution in [0.2, 0.25) is 0 Å². The van der Waals surface area contributed by atoms with Crippen LogP contribution in [0, 0.1) is 11.8 Å². The van der Waals surface area contributed by atoms with Crippen LogP contribution < -0.4 is 5.32 Å². The lowest BCUT2D eigenvalue weighted by molar-refractivity contribution is 0.281. The molecule has 0 saturated carbocycles. The van der Waals surface area contributed by atoms with Crippen molar-refractivity contribution in [3.8, 4) is 0 Å². The van der Waals surface area contributed by atoms with E-state index in [1.165, 1.54) is 45.4 Å². The molecule has 106 valence electrons. The molecule has 18 heavy (non-hydrogen) atoms. The Morgan fingerprint density at radius 2 is 2.11 bits per heavy atom. The van der Waals surface area contributed by atoms with Gasteiger partial charge >= 0.3 is 0 Å². The summed E-state index contributed by atoms with van der Waals surface area (Å²) < 4.78 is 0. The smallest absolute Gasteiger partial charge is 0.0107 e. The second-order valence-corrected chi connectivity index (χ2v) is 5.93. The third kappa shape index (κ3) is 6.01. The van der Waals surface area contributed by atoms with E-state index in [0.717, 1.165) is 18.4 Å². The average Bonchev–Trinajstić information content (AvgIpc) is 2.32. The monoisotopic (exact) mass is 252 g/mol. The van der Waals surface area contributed by atoms with Crippen LogP contribution in [-0.4, -0.2) is 37.6 Å². The third-order valence-electron chi connectivity index (χ3n) is 3.91. The van der Waals surface area contributed by atoms with Crippen LogP contribution in [-0.2, 0) is 0 Å². The highest BCUT2D eigenvalue weighted by Crippen LogP contribution is 2.27. The van der Waals surface area contributed by atoms with Gasteiger partial charge in [-0.1, -0.05) is 32.4 Å². The van der Waals surface area contributed by atoms with Gasteiger partial charge in [-0.25, -0.2) is 0 Å². The van der Waals surface area contributed by atoms with E-state index in [1.807, 2.05) is 0 Å². The quantitative estimate of drug-likeness (QED) is 0.527. The molecule has 0 heterocycles. The maximum atomic E-state index is 3.65. The van der Waals surface area contributed by atoms with E-state index in [9.17, 15) is 0 Å². The Balaban J connectivity index is 2.12. The normalized spacial score (nSPS) is 24.4. The number of rotatable bonds is 8. The molecule has 2 unspecified atom stereocenters. The van der Waals surface area contributed by atoms with E-state index in [0.29, 0.717) is 0 Å². The van der Waals surface area contributed by atoms with E-state index in [2.05, 4.69) is 44.0 Å². The second-order valence-electron chi connectivity index (χ2n) is 5.93. The predicted molar refractivity (Wildman–Crippen MR) is 80.9 cm³/mol. The Bertz CT molecular complexity index is 247. The first-order valence-electron chi connectivity index (χ1n) is 7.76. The van der Waals surface area contributed by atoms with E-state index >= 15 is 0 Å². The topological polar surface area (TPSA) is 15.3 Å². The van der Waals surface area contributed by atoms with Crippen molar-refractivity contribution >= 4 is 0 Å². The molecule has 1 rings (SSSR count). The molecule has 0 aromatic carbocycles. The first-order chi connectivity index (χ1) is 8.65. The highest BCUT2D eigenvalue weighted by Gasteiger charge is 2.17. The minimum Gasteiger partial charge on any atom is -0.315 e. The zero-order chi connectivity index (χ0) is 13.4. The van der Waals surface area contributed by atoms with Gasteiger partial charge in [-0.05, 0) is 57.7 Å². The van der Waals surface area contributed by atoms with Crippen LogP contribution in [0.3, 0.4) is 0 Å². The predicted octanol–water partition coefficient (Wildman–Crippen LogP) is 3.30. The van der Waals surface area contributed by atoms with Crippen LogP contribution >= 0.6 is 0 Å². The highest BCUT2D eigenvalue weighted by atomic mass is 15.1. The molecular weight excluding hydrogens is 220 g/mol. The van der Waals surface area contributed by atoms with Crippen molar-refractivity contribution in [2.24, 2.45) is 11.8 Å². The summed E-state index contributed by atoms with van der Waals surface area (Å²) in [6.07, 6.45) is 6.36. The van der Waals surface area contributed by atoms with E-state index in [4.69, 9.17) is 0 Å². The fourth-order valence-corrected chi connectivity index (χ4v) is 3.13. The minimum absolute atomic E-state index is 0.776. The number of allylic oxidation sites excluding steroid dienone is 2. The molecule has 0 bridgehead atoms. The van der Waals surface area contributed by atoms with Crippen LogP contribution in [0.1, 0.15) is 47.0 Å². The molecule has 1 aliphatic rings. The Kier molecular flexibility index (Phi) is 7.60. The number of hydrogen-bond donors (Lipinski definition) is 1.